The van der Waals surface area contributed by atoms with E-state index in [1.54, 1.807) is 26.0 Å². The number of ether oxygens (including phenoxy) is 6. The third kappa shape index (κ3) is 5.82. The maximum Gasteiger partial charge on any atom is 0.338 e. The lowest BCUT2D eigenvalue weighted by Gasteiger charge is -2.18. The molecule has 0 N–H and O–H groups in total. The number of carbonyl (C=O) groups is 4. The lowest BCUT2D eigenvalue weighted by atomic mass is 10.1. The van der Waals surface area contributed by atoms with E-state index in [4.69, 9.17) is 28.4 Å². The molecule has 4 atom stereocenters. The smallest absolute Gasteiger partial charge is 0.338 e. The molecule has 2 heterocycles. The second-order valence-electron chi connectivity index (χ2n) is 8.69. The number of carbonyl (C=O) groups excluding carboxylic acids is 4. The molecule has 0 bridgehead atoms. The Bertz CT molecular complexity index is 1200. The fraction of sp³-hybridized carbons (Fsp3) is 0.286. The van der Waals surface area contributed by atoms with E-state index < -0.39 is 48.3 Å². The summed E-state index contributed by atoms with van der Waals surface area (Å²) in [6.45, 7) is 10.2. The van der Waals surface area contributed by atoms with Crippen LogP contribution in [0.25, 0.3) is 0 Å². The van der Waals surface area contributed by atoms with Gasteiger partial charge in [-0.05, 0) is 61.4 Å². The molecule has 0 aromatic heterocycles. The van der Waals surface area contributed by atoms with Crippen molar-refractivity contribution in [1.29, 1.82) is 0 Å². The van der Waals surface area contributed by atoms with Crippen molar-refractivity contribution in [3.63, 3.8) is 0 Å². The van der Waals surface area contributed by atoms with Crippen molar-refractivity contribution in [2.45, 2.75) is 38.3 Å². The highest BCUT2D eigenvalue weighted by Crippen LogP contribution is 2.32. The molecule has 2 aliphatic heterocycles. The molecule has 2 aromatic rings. The van der Waals surface area contributed by atoms with Gasteiger partial charge in [0, 0.05) is 12.2 Å². The van der Waals surface area contributed by atoms with Crippen LogP contribution in [0.2, 0.25) is 0 Å². The maximum atomic E-state index is 12.7. The number of fused-ring (bicyclic) bond motifs is 1. The number of aryl methyl sites for hydroxylation is 2. The normalized spacial score (nSPS) is 21.6. The lowest BCUT2D eigenvalue weighted by Crippen LogP contribution is -2.36. The topological polar surface area (TPSA) is 124 Å². The molecule has 0 saturated carbocycles. The van der Waals surface area contributed by atoms with Gasteiger partial charge in [-0.15, -0.1) is 0 Å². The fourth-order valence-electron chi connectivity index (χ4n) is 4.12. The summed E-state index contributed by atoms with van der Waals surface area (Å²) in [5, 5.41) is 0. The number of hydrogen-bond donors (Lipinski definition) is 0. The summed E-state index contributed by atoms with van der Waals surface area (Å²) in [5.74, 6) is -1.79. The molecular weight excluding hydrogens is 496 g/mol. The van der Waals surface area contributed by atoms with Crippen LogP contribution in [-0.4, -0.2) is 61.5 Å². The molecule has 0 amide bonds. The Morgan fingerprint density at radius 3 is 1.47 bits per heavy atom. The summed E-state index contributed by atoms with van der Waals surface area (Å²) < 4.78 is 33.0. The average Bonchev–Trinajstić information content (AvgIpc) is 3.49. The third-order valence-electron chi connectivity index (χ3n) is 6.06. The number of benzene rings is 2. The van der Waals surface area contributed by atoms with E-state index in [-0.39, 0.29) is 24.3 Å². The molecule has 2 aliphatic rings. The van der Waals surface area contributed by atoms with Crippen LogP contribution in [0, 0.1) is 13.8 Å². The van der Waals surface area contributed by atoms with Gasteiger partial charge in [0.05, 0.1) is 24.3 Å². The molecule has 2 saturated heterocycles. The van der Waals surface area contributed by atoms with Crippen molar-refractivity contribution in [3.8, 4) is 11.5 Å². The van der Waals surface area contributed by atoms with E-state index in [0.717, 1.165) is 12.2 Å². The summed E-state index contributed by atoms with van der Waals surface area (Å²) in [7, 11) is 0. The zero-order chi connectivity index (χ0) is 27.4. The second-order valence-corrected chi connectivity index (χ2v) is 8.69. The molecule has 4 rings (SSSR count). The summed E-state index contributed by atoms with van der Waals surface area (Å²) in [4.78, 5) is 48.3. The van der Waals surface area contributed by atoms with Gasteiger partial charge < -0.3 is 28.4 Å². The Morgan fingerprint density at radius 1 is 0.737 bits per heavy atom. The van der Waals surface area contributed by atoms with E-state index in [9.17, 15) is 19.2 Å². The van der Waals surface area contributed by atoms with Crippen LogP contribution in [0.1, 0.15) is 31.8 Å². The summed E-state index contributed by atoms with van der Waals surface area (Å²) >= 11 is 0. The number of hydrogen-bond acceptors (Lipinski definition) is 10. The van der Waals surface area contributed by atoms with Crippen LogP contribution in [0.3, 0.4) is 0 Å². The molecule has 198 valence electrons. The zero-order valence-corrected chi connectivity index (χ0v) is 20.8. The van der Waals surface area contributed by atoms with E-state index in [2.05, 4.69) is 13.2 Å². The average molecular weight is 523 g/mol. The SMILES string of the molecule is C=CC(=O)Oc1ccc(C(=O)O[C@H]2CO[C@H]3[C@@H]2OC[C@H]3OC(=O)c2ccc(OC(=O)C=C)c(C)c2)cc1C. The van der Waals surface area contributed by atoms with Crippen LogP contribution in [0.15, 0.2) is 61.7 Å². The van der Waals surface area contributed by atoms with Gasteiger partial charge in [-0.25, -0.2) is 19.2 Å². The van der Waals surface area contributed by atoms with Crippen LogP contribution in [0.4, 0.5) is 0 Å². The van der Waals surface area contributed by atoms with E-state index in [1.807, 2.05) is 0 Å². The van der Waals surface area contributed by atoms with E-state index in [0.29, 0.717) is 22.6 Å². The number of esters is 4. The van der Waals surface area contributed by atoms with Crippen molar-refractivity contribution in [3.05, 3.63) is 84.0 Å². The van der Waals surface area contributed by atoms with Crippen molar-refractivity contribution >= 4 is 23.9 Å². The Kier molecular flexibility index (Phi) is 8.04. The zero-order valence-electron chi connectivity index (χ0n) is 20.8. The first-order valence-electron chi connectivity index (χ1n) is 11.7. The first kappa shape index (κ1) is 26.8. The largest absolute Gasteiger partial charge is 0.453 e. The minimum Gasteiger partial charge on any atom is -0.453 e. The first-order chi connectivity index (χ1) is 18.2. The standard InChI is InChI=1S/C28H26O10/c1-5-23(29)35-19-9-7-17(11-15(19)3)27(31)37-21-13-33-26-22(14-34-25(21)26)38-28(32)18-8-10-20(16(4)12-18)36-24(30)6-2/h5-12,21-22,25-26H,1-2,13-14H2,3-4H3/t21-,22+,25-,26-/m1/s1. The molecule has 0 radical (unpaired) electrons. The Labute approximate surface area is 218 Å². The van der Waals surface area contributed by atoms with Gasteiger partial charge in [-0.1, -0.05) is 13.2 Å². The van der Waals surface area contributed by atoms with Crippen LogP contribution in [0.5, 0.6) is 11.5 Å². The van der Waals surface area contributed by atoms with Crippen molar-refractivity contribution < 1.29 is 47.6 Å². The minimum atomic E-state index is -0.698. The molecule has 2 aromatic carbocycles. The second kappa shape index (κ2) is 11.4. The Balaban J connectivity index is 1.34. The maximum absolute atomic E-state index is 12.7. The minimum absolute atomic E-state index is 0.0750. The van der Waals surface area contributed by atoms with Crippen LogP contribution in [-0.2, 0) is 28.5 Å². The highest BCUT2D eigenvalue weighted by atomic mass is 16.7. The predicted molar refractivity (Wildman–Crippen MR) is 132 cm³/mol. The van der Waals surface area contributed by atoms with Crippen LogP contribution < -0.4 is 9.47 Å². The molecule has 0 unspecified atom stereocenters. The van der Waals surface area contributed by atoms with Gasteiger partial charge in [0.2, 0.25) is 0 Å². The van der Waals surface area contributed by atoms with Gasteiger partial charge in [0.25, 0.3) is 0 Å². The third-order valence-corrected chi connectivity index (χ3v) is 6.06. The van der Waals surface area contributed by atoms with E-state index in [1.165, 1.54) is 24.3 Å². The monoisotopic (exact) mass is 522 g/mol. The molecule has 0 spiro atoms. The molecular formula is C28H26O10. The quantitative estimate of drug-likeness (QED) is 0.290. The first-order valence-corrected chi connectivity index (χ1v) is 11.7. The molecule has 2 fully saturated rings. The molecule has 0 aliphatic carbocycles. The molecule has 10 nitrogen and oxygen atoms in total. The van der Waals surface area contributed by atoms with Gasteiger partial charge in [0.1, 0.15) is 23.7 Å². The van der Waals surface area contributed by atoms with Crippen molar-refractivity contribution in [2.24, 2.45) is 0 Å². The van der Waals surface area contributed by atoms with Gasteiger partial charge in [-0.3, -0.25) is 0 Å². The summed E-state index contributed by atoms with van der Waals surface area (Å²) in [6, 6.07) is 9.07. The lowest BCUT2D eigenvalue weighted by molar-refractivity contribution is -0.129. The van der Waals surface area contributed by atoms with Crippen LogP contribution >= 0.6 is 0 Å². The van der Waals surface area contributed by atoms with Gasteiger partial charge >= 0.3 is 23.9 Å². The Hall–Kier alpha value is -4.28. The highest BCUT2D eigenvalue weighted by Gasteiger charge is 2.51. The molecule has 10 heteroatoms. The number of rotatable bonds is 8. The van der Waals surface area contributed by atoms with Crippen molar-refractivity contribution in [1.82, 2.24) is 0 Å². The van der Waals surface area contributed by atoms with E-state index >= 15 is 0 Å². The Morgan fingerprint density at radius 2 is 1.13 bits per heavy atom. The summed E-state index contributed by atoms with van der Waals surface area (Å²) in [5.41, 5.74) is 1.67. The van der Waals surface area contributed by atoms with Gasteiger partial charge in [-0.2, -0.15) is 0 Å². The highest BCUT2D eigenvalue weighted by molar-refractivity contribution is 5.91. The summed E-state index contributed by atoms with van der Waals surface area (Å²) in [6.07, 6.45) is -0.511. The molecule has 38 heavy (non-hydrogen) atoms. The predicted octanol–water partition coefficient (Wildman–Crippen LogP) is 3.03. The van der Waals surface area contributed by atoms with Gasteiger partial charge in [0.15, 0.2) is 12.2 Å². The fourth-order valence-corrected chi connectivity index (χ4v) is 4.12. The van der Waals surface area contributed by atoms with Crippen molar-refractivity contribution in [2.75, 3.05) is 13.2 Å².